The Bertz CT molecular complexity index is 938. The molecule has 0 heterocycles. The highest BCUT2D eigenvalue weighted by molar-refractivity contribution is 6.16. The largest absolute Gasteiger partial charge is 0.497 e. The van der Waals surface area contributed by atoms with Gasteiger partial charge in [0.25, 0.3) is 0 Å². The SMILES string of the molecule is COc1ccc2c3c(ccc2c1)C1=C(C(=O)O)CC(=O)[C@@]1(C)CC3. The van der Waals surface area contributed by atoms with Crippen LogP contribution in [-0.4, -0.2) is 24.0 Å². The third-order valence-electron chi connectivity index (χ3n) is 5.55. The molecule has 0 aliphatic heterocycles. The summed E-state index contributed by atoms with van der Waals surface area (Å²) in [6, 6.07) is 9.87. The van der Waals surface area contributed by atoms with E-state index in [1.165, 1.54) is 0 Å². The van der Waals surface area contributed by atoms with Crippen LogP contribution in [0, 0.1) is 5.41 Å². The number of aliphatic carboxylic acids is 1. The van der Waals surface area contributed by atoms with Crippen LogP contribution < -0.4 is 4.74 Å². The van der Waals surface area contributed by atoms with Gasteiger partial charge in [0.1, 0.15) is 11.5 Å². The highest BCUT2D eigenvalue weighted by Crippen LogP contribution is 2.53. The maximum absolute atomic E-state index is 12.5. The normalized spacial score (nSPS) is 22.5. The molecular formula is C20H18O4. The van der Waals surface area contributed by atoms with Gasteiger partial charge in [-0.1, -0.05) is 18.2 Å². The average Bonchev–Trinajstić information content (AvgIpc) is 2.86. The Morgan fingerprint density at radius 3 is 2.75 bits per heavy atom. The van der Waals surface area contributed by atoms with Gasteiger partial charge < -0.3 is 9.84 Å². The van der Waals surface area contributed by atoms with Crippen molar-refractivity contribution < 1.29 is 19.4 Å². The first kappa shape index (κ1) is 14.9. The van der Waals surface area contributed by atoms with Crippen molar-refractivity contribution in [3.05, 3.63) is 47.0 Å². The Morgan fingerprint density at radius 1 is 1.25 bits per heavy atom. The molecule has 4 heteroatoms. The van der Waals surface area contributed by atoms with Crippen LogP contribution in [0.2, 0.25) is 0 Å². The lowest BCUT2D eigenvalue weighted by atomic mass is 9.68. The van der Waals surface area contributed by atoms with Crippen LogP contribution in [0.4, 0.5) is 0 Å². The van der Waals surface area contributed by atoms with Gasteiger partial charge >= 0.3 is 5.97 Å². The van der Waals surface area contributed by atoms with E-state index in [0.29, 0.717) is 6.42 Å². The summed E-state index contributed by atoms with van der Waals surface area (Å²) in [4.78, 5) is 24.2. The number of carboxylic acids is 1. The van der Waals surface area contributed by atoms with Crippen molar-refractivity contribution in [2.45, 2.75) is 26.2 Å². The second-order valence-corrected chi connectivity index (χ2v) is 6.77. The number of Topliss-reactive ketones (excluding diaryl/α,β-unsaturated/α-hetero) is 1. The average molecular weight is 322 g/mol. The maximum atomic E-state index is 12.5. The van der Waals surface area contributed by atoms with Gasteiger partial charge in [0.2, 0.25) is 0 Å². The number of hydrogen-bond acceptors (Lipinski definition) is 3. The fraction of sp³-hybridized carbons (Fsp3) is 0.300. The number of rotatable bonds is 2. The first-order chi connectivity index (χ1) is 11.5. The van der Waals surface area contributed by atoms with E-state index in [1.54, 1.807) is 7.11 Å². The molecule has 2 aromatic rings. The molecule has 0 aromatic heterocycles. The Morgan fingerprint density at radius 2 is 2.04 bits per heavy atom. The van der Waals surface area contributed by atoms with E-state index < -0.39 is 11.4 Å². The second kappa shape index (κ2) is 4.94. The van der Waals surface area contributed by atoms with Crippen LogP contribution in [0.1, 0.15) is 30.9 Å². The number of aryl methyl sites for hydroxylation is 1. The molecule has 0 bridgehead atoms. The van der Waals surface area contributed by atoms with Crippen molar-refractivity contribution in [2.24, 2.45) is 5.41 Å². The Labute approximate surface area is 139 Å². The summed E-state index contributed by atoms with van der Waals surface area (Å²) in [5.41, 5.74) is 2.37. The van der Waals surface area contributed by atoms with Crippen molar-refractivity contribution >= 4 is 28.1 Å². The molecule has 0 spiro atoms. The van der Waals surface area contributed by atoms with Gasteiger partial charge in [0.15, 0.2) is 0 Å². The lowest BCUT2D eigenvalue weighted by Crippen LogP contribution is -2.29. The van der Waals surface area contributed by atoms with Gasteiger partial charge in [-0.25, -0.2) is 4.79 Å². The maximum Gasteiger partial charge on any atom is 0.332 e. The molecule has 24 heavy (non-hydrogen) atoms. The Kier molecular flexibility index (Phi) is 3.07. The minimum Gasteiger partial charge on any atom is -0.497 e. The van der Waals surface area contributed by atoms with Crippen LogP contribution in [0.25, 0.3) is 16.3 Å². The summed E-state index contributed by atoms with van der Waals surface area (Å²) in [5.74, 6) is -0.162. The minimum absolute atomic E-state index is 0.0235. The van der Waals surface area contributed by atoms with E-state index in [2.05, 4.69) is 0 Å². The zero-order chi connectivity index (χ0) is 17.1. The zero-order valence-corrected chi connectivity index (χ0v) is 13.7. The van der Waals surface area contributed by atoms with Crippen LogP contribution in [0.15, 0.2) is 35.9 Å². The lowest BCUT2D eigenvalue weighted by Gasteiger charge is -2.33. The van der Waals surface area contributed by atoms with Gasteiger partial charge in [0.05, 0.1) is 12.5 Å². The zero-order valence-electron chi connectivity index (χ0n) is 13.7. The standard InChI is InChI=1S/C20H18O4/c1-20-8-7-14-13-6-4-12(24-2)9-11(13)3-5-15(14)18(20)16(19(22)23)10-17(20)21/h3-6,9H,7-8,10H2,1-2H3,(H,22,23)/t20-/m1/s1. The molecule has 2 aliphatic carbocycles. The molecule has 0 saturated carbocycles. The highest BCUT2D eigenvalue weighted by Gasteiger charge is 2.48. The number of ketones is 1. The van der Waals surface area contributed by atoms with E-state index in [4.69, 9.17) is 4.74 Å². The lowest BCUT2D eigenvalue weighted by molar-refractivity contribution is -0.133. The smallest absolute Gasteiger partial charge is 0.332 e. The van der Waals surface area contributed by atoms with Gasteiger partial charge in [-0.15, -0.1) is 0 Å². The van der Waals surface area contributed by atoms with E-state index in [0.717, 1.165) is 39.6 Å². The summed E-state index contributed by atoms with van der Waals surface area (Å²) < 4.78 is 5.28. The Balaban J connectivity index is 2.01. The van der Waals surface area contributed by atoms with E-state index in [9.17, 15) is 14.7 Å². The number of benzene rings is 2. The number of allylic oxidation sites excluding steroid dienone is 1. The third-order valence-corrected chi connectivity index (χ3v) is 5.55. The van der Waals surface area contributed by atoms with E-state index in [1.807, 2.05) is 37.3 Å². The number of hydrogen-bond donors (Lipinski definition) is 1. The highest BCUT2D eigenvalue weighted by atomic mass is 16.5. The van der Waals surface area contributed by atoms with Crippen molar-refractivity contribution in [2.75, 3.05) is 7.11 Å². The summed E-state index contributed by atoms with van der Waals surface area (Å²) in [7, 11) is 1.64. The molecule has 2 aromatic carbocycles. The number of carboxylic acid groups (broad SMARTS) is 1. The summed E-state index contributed by atoms with van der Waals surface area (Å²) >= 11 is 0. The Hall–Kier alpha value is -2.62. The topological polar surface area (TPSA) is 63.6 Å². The first-order valence-corrected chi connectivity index (χ1v) is 8.06. The first-order valence-electron chi connectivity index (χ1n) is 8.06. The molecule has 0 unspecified atom stereocenters. The quantitative estimate of drug-likeness (QED) is 0.917. The summed E-state index contributed by atoms with van der Waals surface area (Å²) in [6.07, 6.45) is 1.47. The fourth-order valence-corrected chi connectivity index (χ4v) is 4.20. The minimum atomic E-state index is -0.982. The molecule has 2 aliphatic rings. The molecule has 4 nitrogen and oxygen atoms in total. The van der Waals surface area contributed by atoms with Gasteiger partial charge in [-0.05, 0) is 59.4 Å². The number of ether oxygens (including phenoxy) is 1. The predicted molar refractivity (Wildman–Crippen MR) is 91.1 cm³/mol. The number of carbonyl (C=O) groups is 2. The van der Waals surface area contributed by atoms with Crippen LogP contribution in [-0.2, 0) is 16.0 Å². The van der Waals surface area contributed by atoms with Crippen LogP contribution in [0.5, 0.6) is 5.75 Å². The predicted octanol–water partition coefficient (Wildman–Crippen LogP) is 3.61. The third kappa shape index (κ3) is 1.86. The van der Waals surface area contributed by atoms with Crippen molar-refractivity contribution in [1.82, 2.24) is 0 Å². The van der Waals surface area contributed by atoms with Gasteiger partial charge in [-0.3, -0.25) is 4.79 Å². The van der Waals surface area contributed by atoms with Crippen molar-refractivity contribution in [3.63, 3.8) is 0 Å². The van der Waals surface area contributed by atoms with Crippen LogP contribution >= 0.6 is 0 Å². The molecule has 0 fully saturated rings. The second-order valence-electron chi connectivity index (χ2n) is 6.77. The molecule has 4 rings (SSSR count). The van der Waals surface area contributed by atoms with Gasteiger partial charge in [0, 0.05) is 12.0 Å². The van der Waals surface area contributed by atoms with Crippen molar-refractivity contribution in [3.8, 4) is 5.75 Å². The number of fused-ring (bicyclic) bond motifs is 5. The number of methoxy groups -OCH3 is 1. The molecular weight excluding hydrogens is 304 g/mol. The van der Waals surface area contributed by atoms with Crippen molar-refractivity contribution in [1.29, 1.82) is 0 Å². The molecule has 1 N–H and O–H groups in total. The van der Waals surface area contributed by atoms with E-state index >= 15 is 0 Å². The number of carbonyl (C=O) groups excluding carboxylic acids is 1. The summed E-state index contributed by atoms with van der Waals surface area (Å²) in [5, 5.41) is 11.7. The monoisotopic (exact) mass is 322 g/mol. The molecule has 0 amide bonds. The molecule has 1 atom stereocenters. The van der Waals surface area contributed by atoms with E-state index in [-0.39, 0.29) is 17.8 Å². The van der Waals surface area contributed by atoms with Gasteiger partial charge in [-0.2, -0.15) is 0 Å². The molecule has 0 radical (unpaired) electrons. The van der Waals surface area contributed by atoms with Crippen LogP contribution in [0.3, 0.4) is 0 Å². The molecule has 0 saturated heterocycles. The molecule has 122 valence electrons. The fourth-order valence-electron chi connectivity index (χ4n) is 4.20. The summed E-state index contributed by atoms with van der Waals surface area (Å²) in [6.45, 7) is 1.89.